The first-order valence-electron chi connectivity index (χ1n) is 10.2. The van der Waals surface area contributed by atoms with E-state index in [2.05, 4.69) is 0 Å². The Morgan fingerprint density at radius 3 is 2.36 bits per heavy atom. The lowest BCUT2D eigenvalue weighted by molar-refractivity contribution is 0.0732. The van der Waals surface area contributed by atoms with Gasteiger partial charge in [0.1, 0.15) is 11.5 Å². The molecule has 8 nitrogen and oxygen atoms in total. The van der Waals surface area contributed by atoms with Crippen molar-refractivity contribution in [2.75, 3.05) is 13.6 Å². The third-order valence-corrected chi connectivity index (χ3v) is 5.54. The molecule has 0 N–H and O–H groups in total. The summed E-state index contributed by atoms with van der Waals surface area (Å²) in [5.74, 6) is 2.36. The van der Waals surface area contributed by atoms with E-state index < -0.39 is 5.97 Å². The van der Waals surface area contributed by atoms with E-state index >= 15 is 0 Å². The van der Waals surface area contributed by atoms with Crippen LogP contribution >= 0.6 is 0 Å². The quantitative estimate of drug-likeness (QED) is 0.336. The van der Waals surface area contributed by atoms with Crippen molar-refractivity contribution in [1.82, 2.24) is 0 Å². The van der Waals surface area contributed by atoms with Gasteiger partial charge in [0.25, 0.3) is 0 Å². The van der Waals surface area contributed by atoms with Crippen LogP contribution < -0.4 is 28.4 Å². The van der Waals surface area contributed by atoms with Crippen molar-refractivity contribution in [2.24, 2.45) is 0 Å². The van der Waals surface area contributed by atoms with Gasteiger partial charge in [-0.3, -0.25) is 4.79 Å². The molecule has 0 saturated carbocycles. The van der Waals surface area contributed by atoms with Gasteiger partial charge in [-0.05, 0) is 61.0 Å². The van der Waals surface area contributed by atoms with Crippen LogP contribution in [-0.4, -0.2) is 25.3 Å². The van der Waals surface area contributed by atoms with Gasteiger partial charge in [-0.2, -0.15) is 0 Å². The van der Waals surface area contributed by atoms with E-state index in [1.165, 1.54) is 0 Å². The molecule has 3 aliphatic heterocycles. The largest absolute Gasteiger partial charge is 0.454 e. The Balaban J connectivity index is 1.25. The summed E-state index contributed by atoms with van der Waals surface area (Å²) >= 11 is 0. The highest BCUT2D eigenvalue weighted by Crippen LogP contribution is 2.40. The summed E-state index contributed by atoms with van der Waals surface area (Å²) in [5.41, 5.74) is 2.01. The molecule has 0 radical (unpaired) electrons. The predicted octanol–water partition coefficient (Wildman–Crippen LogP) is 4.29. The molecule has 3 heterocycles. The smallest absolute Gasteiger partial charge is 0.343 e. The summed E-state index contributed by atoms with van der Waals surface area (Å²) in [5, 5.41) is 0. The fraction of sp³-hybridized carbons (Fsp3) is 0.120. The number of hydrogen-bond acceptors (Lipinski definition) is 8. The summed E-state index contributed by atoms with van der Waals surface area (Å²) < 4.78 is 32.7. The van der Waals surface area contributed by atoms with Gasteiger partial charge in [-0.1, -0.05) is 6.07 Å². The summed E-state index contributed by atoms with van der Waals surface area (Å²) in [6, 6.07) is 13.4. The van der Waals surface area contributed by atoms with Crippen molar-refractivity contribution >= 4 is 17.8 Å². The standard InChI is InChI=1S/C25H16O8/c1-13-17(33-25(27)15-3-6-19-21(10-15)31-12-29-19)7-4-16-23(26)22(32-24(13)16)9-14-2-5-18-20(8-14)30-11-28-18/h2-10H,11-12H2,1H3/b22-9-. The van der Waals surface area contributed by atoms with Crippen LogP contribution in [0.5, 0.6) is 34.5 Å². The van der Waals surface area contributed by atoms with Gasteiger partial charge in [0, 0.05) is 5.56 Å². The highest BCUT2D eigenvalue weighted by atomic mass is 16.7. The number of Topliss-reactive ketones (excluding diaryl/α,β-unsaturated/α-hetero) is 1. The lowest BCUT2D eigenvalue weighted by atomic mass is 10.1. The Morgan fingerprint density at radius 2 is 1.58 bits per heavy atom. The number of carbonyl (C=O) groups excluding carboxylic acids is 2. The van der Waals surface area contributed by atoms with Gasteiger partial charge in [0.05, 0.1) is 11.1 Å². The van der Waals surface area contributed by atoms with E-state index in [1.807, 2.05) is 6.07 Å². The fourth-order valence-corrected chi connectivity index (χ4v) is 3.82. The number of allylic oxidation sites excluding steroid dienone is 1. The number of ether oxygens (including phenoxy) is 6. The van der Waals surface area contributed by atoms with Crippen LogP contribution in [0.1, 0.15) is 31.8 Å². The number of benzene rings is 3. The number of rotatable bonds is 3. The first kappa shape index (κ1) is 19.2. The third kappa shape index (κ3) is 3.23. The fourth-order valence-electron chi connectivity index (χ4n) is 3.82. The number of ketones is 1. The van der Waals surface area contributed by atoms with Crippen molar-refractivity contribution < 1.29 is 38.0 Å². The number of carbonyl (C=O) groups is 2. The topological polar surface area (TPSA) is 89.5 Å². The summed E-state index contributed by atoms with van der Waals surface area (Å²) in [6.07, 6.45) is 1.64. The van der Waals surface area contributed by atoms with Gasteiger partial charge in [0.15, 0.2) is 28.8 Å². The van der Waals surface area contributed by atoms with Crippen LogP contribution in [0.15, 0.2) is 54.3 Å². The Labute approximate surface area is 187 Å². The molecule has 6 rings (SSSR count). The zero-order valence-electron chi connectivity index (χ0n) is 17.4. The maximum absolute atomic E-state index is 12.9. The summed E-state index contributed by atoms with van der Waals surface area (Å²) in [6.45, 7) is 2.02. The second kappa shape index (κ2) is 7.30. The zero-order valence-corrected chi connectivity index (χ0v) is 17.4. The Morgan fingerprint density at radius 1 is 0.879 bits per heavy atom. The first-order chi connectivity index (χ1) is 16.1. The minimum Gasteiger partial charge on any atom is -0.454 e. The predicted molar refractivity (Wildman–Crippen MR) is 114 cm³/mol. The van der Waals surface area contributed by atoms with Crippen LogP contribution in [0.2, 0.25) is 0 Å². The van der Waals surface area contributed by atoms with Crippen molar-refractivity contribution in [2.45, 2.75) is 6.92 Å². The van der Waals surface area contributed by atoms with E-state index in [4.69, 9.17) is 28.4 Å². The molecule has 3 aromatic rings. The second-order valence-electron chi connectivity index (χ2n) is 7.58. The monoisotopic (exact) mass is 444 g/mol. The maximum Gasteiger partial charge on any atom is 0.343 e. The van der Waals surface area contributed by atoms with Crippen molar-refractivity contribution in [3.63, 3.8) is 0 Å². The van der Waals surface area contributed by atoms with Gasteiger partial charge >= 0.3 is 5.97 Å². The van der Waals surface area contributed by atoms with Crippen molar-refractivity contribution in [1.29, 1.82) is 0 Å². The Hall–Kier alpha value is -4.46. The molecule has 164 valence electrons. The van der Waals surface area contributed by atoms with Gasteiger partial charge in [0.2, 0.25) is 19.4 Å². The molecule has 0 unspecified atom stereocenters. The number of fused-ring (bicyclic) bond motifs is 3. The molecule has 0 bridgehead atoms. The van der Waals surface area contributed by atoms with Crippen molar-refractivity contribution in [3.05, 3.63) is 76.5 Å². The second-order valence-corrected chi connectivity index (χ2v) is 7.58. The molecular weight excluding hydrogens is 428 g/mol. The summed E-state index contributed by atoms with van der Waals surface area (Å²) in [4.78, 5) is 25.5. The average molecular weight is 444 g/mol. The third-order valence-electron chi connectivity index (χ3n) is 5.54. The van der Waals surface area contributed by atoms with Crippen molar-refractivity contribution in [3.8, 4) is 34.5 Å². The van der Waals surface area contributed by atoms with Gasteiger partial charge in [-0.25, -0.2) is 4.79 Å². The Bertz CT molecular complexity index is 1370. The van der Waals surface area contributed by atoms with Crippen LogP contribution in [0.3, 0.4) is 0 Å². The van der Waals surface area contributed by atoms with E-state index in [1.54, 1.807) is 55.5 Å². The molecule has 3 aliphatic rings. The molecule has 0 saturated heterocycles. The molecule has 0 aromatic heterocycles. The van der Waals surface area contributed by atoms with Crippen LogP contribution in [0.25, 0.3) is 6.08 Å². The lowest BCUT2D eigenvalue weighted by Gasteiger charge is -2.10. The molecule has 8 heteroatoms. The molecule has 0 fully saturated rings. The minimum atomic E-state index is -0.559. The molecule has 33 heavy (non-hydrogen) atoms. The number of hydrogen-bond donors (Lipinski definition) is 0. The van der Waals surface area contributed by atoms with E-state index in [9.17, 15) is 9.59 Å². The van der Waals surface area contributed by atoms with Gasteiger partial charge in [-0.15, -0.1) is 0 Å². The zero-order chi connectivity index (χ0) is 22.5. The van der Waals surface area contributed by atoms with Crippen LogP contribution in [0.4, 0.5) is 0 Å². The van der Waals surface area contributed by atoms with Crippen LogP contribution in [-0.2, 0) is 0 Å². The Kier molecular flexibility index (Phi) is 4.26. The molecular formula is C25H16O8. The highest BCUT2D eigenvalue weighted by molar-refractivity contribution is 6.15. The molecule has 0 spiro atoms. The normalized spacial score (nSPS) is 16.0. The first-order valence-corrected chi connectivity index (χ1v) is 10.2. The molecule has 0 aliphatic carbocycles. The average Bonchev–Trinajstić information content (AvgIpc) is 3.55. The lowest BCUT2D eigenvalue weighted by Crippen LogP contribution is -2.09. The number of esters is 1. The molecule has 0 amide bonds. The maximum atomic E-state index is 12.9. The van der Waals surface area contributed by atoms with E-state index in [0.717, 1.165) is 5.56 Å². The summed E-state index contributed by atoms with van der Waals surface area (Å²) in [7, 11) is 0. The highest BCUT2D eigenvalue weighted by Gasteiger charge is 2.31. The van der Waals surface area contributed by atoms with Crippen LogP contribution in [0, 0.1) is 6.92 Å². The molecule has 0 atom stereocenters. The SMILES string of the molecule is Cc1c(OC(=O)c2ccc3c(c2)OCO3)ccc2c1O/C(=C\c1ccc3c(c1)OCO3)C2=O. The van der Waals surface area contributed by atoms with E-state index in [0.29, 0.717) is 51.2 Å². The molecule has 3 aromatic carbocycles. The van der Waals surface area contributed by atoms with E-state index in [-0.39, 0.29) is 25.1 Å². The van der Waals surface area contributed by atoms with Gasteiger partial charge < -0.3 is 28.4 Å². The minimum absolute atomic E-state index is 0.116.